The summed E-state index contributed by atoms with van der Waals surface area (Å²) in [4.78, 5) is 25.0. The van der Waals surface area contributed by atoms with Crippen LogP contribution >= 0.6 is 0 Å². The lowest BCUT2D eigenvalue weighted by Crippen LogP contribution is -2.37. The minimum Gasteiger partial charge on any atom is -0.455 e. The Hall–Kier alpha value is -3.55. The molecule has 1 aromatic heterocycles. The molecule has 0 spiro atoms. The number of esters is 1. The van der Waals surface area contributed by atoms with Crippen LogP contribution in [0.4, 0.5) is 10.4 Å². The summed E-state index contributed by atoms with van der Waals surface area (Å²) in [7, 11) is 0. The van der Waals surface area contributed by atoms with E-state index in [-0.39, 0.29) is 11.9 Å². The Balaban J connectivity index is 1.39. The highest BCUT2D eigenvalue weighted by atomic mass is 19.1. The quantitative estimate of drug-likeness (QED) is 0.621. The molecule has 2 aromatic carbocycles. The van der Waals surface area contributed by atoms with Crippen molar-refractivity contribution in [1.82, 2.24) is 10.2 Å². The number of ether oxygens (including phenoxy) is 1. The highest BCUT2D eigenvalue weighted by molar-refractivity contribution is 5.92. The summed E-state index contributed by atoms with van der Waals surface area (Å²) in [6.45, 7) is -0.530. The van der Waals surface area contributed by atoms with E-state index >= 15 is 0 Å². The topological polar surface area (TPSA) is 94.3 Å². The molecule has 1 aliphatic carbocycles. The van der Waals surface area contributed by atoms with Gasteiger partial charge in [-0.25, -0.2) is 4.39 Å². The summed E-state index contributed by atoms with van der Waals surface area (Å²) in [6, 6.07) is 15.2. The predicted octanol–water partition coefficient (Wildman–Crippen LogP) is 3.87. The van der Waals surface area contributed by atoms with Crippen LogP contribution in [0.5, 0.6) is 0 Å². The number of rotatable bonds is 6. The van der Waals surface area contributed by atoms with E-state index in [0.29, 0.717) is 24.0 Å². The number of hydrogen-bond donors (Lipinski definition) is 1. The van der Waals surface area contributed by atoms with Gasteiger partial charge in [-0.3, -0.25) is 14.9 Å². The van der Waals surface area contributed by atoms with Crippen LogP contribution < -0.4 is 5.32 Å². The first-order valence-corrected chi connectivity index (χ1v) is 9.69. The second kappa shape index (κ2) is 8.44. The van der Waals surface area contributed by atoms with E-state index in [2.05, 4.69) is 15.5 Å². The number of anilines is 1. The van der Waals surface area contributed by atoms with E-state index in [1.54, 1.807) is 30.3 Å². The monoisotopic (exact) mass is 409 g/mol. The maximum atomic E-state index is 14.4. The van der Waals surface area contributed by atoms with Crippen LogP contribution in [-0.2, 0) is 19.7 Å². The Morgan fingerprint density at radius 2 is 1.73 bits per heavy atom. The van der Waals surface area contributed by atoms with Gasteiger partial charge in [-0.1, -0.05) is 54.3 Å². The van der Waals surface area contributed by atoms with Crippen LogP contribution in [0.1, 0.15) is 31.2 Å². The largest absolute Gasteiger partial charge is 0.455 e. The zero-order valence-electron chi connectivity index (χ0n) is 16.1. The summed E-state index contributed by atoms with van der Waals surface area (Å²) < 4.78 is 25.0. The highest BCUT2D eigenvalue weighted by Crippen LogP contribution is 2.43. The van der Waals surface area contributed by atoms with Crippen LogP contribution in [0.3, 0.4) is 0 Å². The van der Waals surface area contributed by atoms with Gasteiger partial charge in [0.05, 0.1) is 5.41 Å². The van der Waals surface area contributed by atoms with Crippen molar-refractivity contribution in [2.24, 2.45) is 0 Å². The first-order valence-electron chi connectivity index (χ1n) is 9.69. The van der Waals surface area contributed by atoms with Gasteiger partial charge >= 0.3 is 12.0 Å². The molecule has 30 heavy (non-hydrogen) atoms. The number of carbonyl (C=O) groups is 2. The first-order chi connectivity index (χ1) is 14.6. The number of amides is 1. The molecule has 0 aliphatic heterocycles. The van der Waals surface area contributed by atoms with Gasteiger partial charge in [-0.05, 0) is 31.0 Å². The third kappa shape index (κ3) is 3.94. The number of halogens is 1. The van der Waals surface area contributed by atoms with E-state index in [0.717, 1.165) is 12.8 Å². The molecule has 1 N–H and O–H groups in total. The summed E-state index contributed by atoms with van der Waals surface area (Å²) >= 11 is 0. The highest BCUT2D eigenvalue weighted by Gasteiger charge is 2.46. The van der Waals surface area contributed by atoms with Crippen molar-refractivity contribution in [2.75, 3.05) is 11.9 Å². The van der Waals surface area contributed by atoms with Gasteiger partial charge in [0.1, 0.15) is 5.82 Å². The lowest BCUT2D eigenvalue weighted by molar-refractivity contribution is -0.153. The zero-order chi connectivity index (χ0) is 21.0. The number of carbonyl (C=O) groups excluding carboxylic acids is 2. The fourth-order valence-corrected chi connectivity index (χ4v) is 3.81. The van der Waals surface area contributed by atoms with Crippen LogP contribution in [0, 0.1) is 5.82 Å². The SMILES string of the molecule is O=C(COC(=O)C1(c2ccccc2F)CCCC1)Nc1nnc(-c2ccccc2)o1. The molecule has 3 aromatic rings. The average Bonchev–Trinajstić information content (AvgIpc) is 3.44. The smallest absolute Gasteiger partial charge is 0.322 e. The zero-order valence-corrected chi connectivity index (χ0v) is 16.1. The van der Waals surface area contributed by atoms with E-state index in [1.807, 2.05) is 18.2 Å². The molecule has 0 saturated heterocycles. The number of nitrogens with zero attached hydrogens (tertiary/aromatic N) is 2. The van der Waals surface area contributed by atoms with Crippen LogP contribution in [-0.4, -0.2) is 28.7 Å². The van der Waals surface area contributed by atoms with Gasteiger partial charge in [-0.2, -0.15) is 0 Å². The summed E-state index contributed by atoms with van der Waals surface area (Å²) in [6.07, 6.45) is 2.55. The van der Waals surface area contributed by atoms with Crippen LogP contribution in [0.15, 0.2) is 59.0 Å². The van der Waals surface area contributed by atoms with Gasteiger partial charge in [0, 0.05) is 11.1 Å². The third-order valence-electron chi connectivity index (χ3n) is 5.26. The minimum atomic E-state index is -1.06. The number of benzene rings is 2. The van der Waals surface area contributed by atoms with Crippen molar-refractivity contribution >= 4 is 17.9 Å². The summed E-state index contributed by atoms with van der Waals surface area (Å²) in [5, 5.41) is 10.1. The number of aromatic nitrogens is 2. The molecule has 0 bridgehead atoms. The molecule has 7 nitrogen and oxygen atoms in total. The van der Waals surface area contributed by atoms with Gasteiger partial charge in [0.2, 0.25) is 5.89 Å². The van der Waals surface area contributed by atoms with Gasteiger partial charge in [0.25, 0.3) is 5.91 Å². The molecule has 4 rings (SSSR count). The first kappa shape index (κ1) is 19.8. The molecular formula is C22H20FN3O4. The van der Waals surface area contributed by atoms with Crippen molar-refractivity contribution in [1.29, 1.82) is 0 Å². The van der Waals surface area contributed by atoms with E-state index < -0.39 is 29.7 Å². The predicted molar refractivity (Wildman–Crippen MR) is 106 cm³/mol. The standard InChI is InChI=1S/C22H20FN3O4/c23-17-11-5-4-10-16(17)22(12-6-7-13-22)20(28)29-14-18(27)24-21-26-25-19(30-21)15-8-2-1-3-9-15/h1-5,8-11H,6-7,12-14H2,(H,24,26,27). The van der Waals surface area contributed by atoms with Crippen LogP contribution in [0.25, 0.3) is 11.5 Å². The molecule has 1 fully saturated rings. The maximum absolute atomic E-state index is 14.4. The minimum absolute atomic E-state index is 0.0976. The molecule has 154 valence electrons. The molecular weight excluding hydrogens is 389 g/mol. The van der Waals surface area contributed by atoms with Crippen molar-refractivity contribution < 1.29 is 23.1 Å². The van der Waals surface area contributed by atoms with Crippen molar-refractivity contribution in [3.63, 3.8) is 0 Å². The normalized spacial score (nSPS) is 15.0. The second-order valence-corrected chi connectivity index (χ2v) is 7.17. The molecule has 8 heteroatoms. The van der Waals surface area contributed by atoms with Crippen molar-refractivity contribution in [2.45, 2.75) is 31.1 Å². The molecule has 1 amide bonds. The van der Waals surface area contributed by atoms with Crippen LogP contribution in [0.2, 0.25) is 0 Å². The second-order valence-electron chi connectivity index (χ2n) is 7.17. The maximum Gasteiger partial charge on any atom is 0.322 e. The Morgan fingerprint density at radius 1 is 1.03 bits per heavy atom. The van der Waals surface area contributed by atoms with E-state index in [9.17, 15) is 14.0 Å². The fraction of sp³-hybridized carbons (Fsp3) is 0.273. The van der Waals surface area contributed by atoms with E-state index in [1.165, 1.54) is 6.07 Å². The fourth-order valence-electron chi connectivity index (χ4n) is 3.81. The Kier molecular flexibility index (Phi) is 5.56. The summed E-state index contributed by atoms with van der Waals surface area (Å²) in [5.74, 6) is -1.41. The lowest BCUT2D eigenvalue weighted by Gasteiger charge is -2.27. The summed E-state index contributed by atoms with van der Waals surface area (Å²) in [5.41, 5.74) is -0.0290. The van der Waals surface area contributed by atoms with E-state index in [4.69, 9.17) is 9.15 Å². The third-order valence-corrected chi connectivity index (χ3v) is 5.26. The van der Waals surface area contributed by atoms with Gasteiger partial charge in [0.15, 0.2) is 6.61 Å². The Bertz CT molecular complexity index is 1050. The average molecular weight is 409 g/mol. The molecule has 1 saturated carbocycles. The molecule has 0 unspecified atom stereocenters. The molecule has 0 atom stereocenters. The molecule has 0 radical (unpaired) electrons. The Morgan fingerprint density at radius 3 is 2.47 bits per heavy atom. The Labute approximate surface area is 172 Å². The van der Waals surface area contributed by atoms with Crippen molar-refractivity contribution in [3.05, 3.63) is 66.0 Å². The lowest BCUT2D eigenvalue weighted by atomic mass is 9.78. The molecule has 1 aliphatic rings. The number of nitrogens with one attached hydrogen (secondary N) is 1. The molecule has 1 heterocycles. The van der Waals surface area contributed by atoms with Gasteiger partial charge in [-0.15, -0.1) is 5.10 Å². The van der Waals surface area contributed by atoms with Gasteiger partial charge < -0.3 is 9.15 Å². The van der Waals surface area contributed by atoms with Crippen molar-refractivity contribution in [3.8, 4) is 11.5 Å². The number of hydrogen-bond acceptors (Lipinski definition) is 6.